The Morgan fingerprint density at radius 1 is 1.29 bits per heavy atom. The third kappa shape index (κ3) is 3.51. The number of rotatable bonds is 4. The van der Waals surface area contributed by atoms with Gasteiger partial charge in [-0.05, 0) is 19.9 Å². The predicted molar refractivity (Wildman–Crippen MR) is 65.1 cm³/mol. The molecule has 0 saturated heterocycles. The van der Waals surface area contributed by atoms with Crippen LogP contribution in [0.2, 0.25) is 0 Å². The summed E-state index contributed by atoms with van der Waals surface area (Å²) in [4.78, 5) is 6.59. The fourth-order valence-corrected chi connectivity index (χ4v) is 2.49. The van der Waals surface area contributed by atoms with Crippen LogP contribution in [0.15, 0.2) is 4.52 Å². The summed E-state index contributed by atoms with van der Waals surface area (Å²) in [6.45, 7) is 1.08. The Morgan fingerprint density at radius 2 is 2.00 bits per heavy atom. The Morgan fingerprint density at radius 3 is 2.59 bits per heavy atom. The van der Waals surface area contributed by atoms with Crippen LogP contribution in [-0.2, 0) is 13.1 Å². The van der Waals surface area contributed by atoms with Crippen molar-refractivity contribution in [2.45, 2.75) is 57.7 Å². The van der Waals surface area contributed by atoms with E-state index < -0.39 is 0 Å². The minimum atomic E-state index is 0.320. The number of hydrogen-bond acceptors (Lipinski definition) is 5. The molecule has 2 rings (SSSR count). The van der Waals surface area contributed by atoms with Crippen LogP contribution < -0.4 is 5.73 Å². The van der Waals surface area contributed by atoms with Gasteiger partial charge in [0.25, 0.3) is 0 Å². The van der Waals surface area contributed by atoms with Crippen molar-refractivity contribution in [2.75, 3.05) is 7.05 Å². The second-order valence-corrected chi connectivity index (χ2v) is 4.87. The van der Waals surface area contributed by atoms with Gasteiger partial charge < -0.3 is 10.3 Å². The first-order valence-corrected chi connectivity index (χ1v) is 6.51. The highest BCUT2D eigenvalue weighted by molar-refractivity contribution is 4.86. The normalized spacial score (nSPS) is 18.5. The largest absolute Gasteiger partial charge is 0.338 e. The first kappa shape index (κ1) is 12.5. The lowest BCUT2D eigenvalue weighted by molar-refractivity contribution is 0.205. The van der Waals surface area contributed by atoms with Gasteiger partial charge in [-0.2, -0.15) is 4.98 Å². The van der Waals surface area contributed by atoms with Crippen molar-refractivity contribution in [3.63, 3.8) is 0 Å². The van der Waals surface area contributed by atoms with Gasteiger partial charge in [0.15, 0.2) is 5.82 Å². The molecule has 0 aliphatic heterocycles. The average molecular weight is 238 g/mol. The lowest BCUT2D eigenvalue weighted by Crippen LogP contribution is -2.31. The summed E-state index contributed by atoms with van der Waals surface area (Å²) in [5, 5.41) is 3.94. The van der Waals surface area contributed by atoms with Crippen molar-refractivity contribution in [3.05, 3.63) is 11.7 Å². The zero-order valence-corrected chi connectivity index (χ0v) is 10.6. The zero-order chi connectivity index (χ0) is 12.1. The molecule has 0 bridgehead atoms. The molecule has 1 saturated carbocycles. The third-order valence-electron chi connectivity index (χ3n) is 3.52. The lowest BCUT2D eigenvalue weighted by atomic mass is 10.1. The van der Waals surface area contributed by atoms with Crippen LogP contribution in [0.1, 0.15) is 50.2 Å². The van der Waals surface area contributed by atoms with E-state index in [-0.39, 0.29) is 0 Å². The van der Waals surface area contributed by atoms with Gasteiger partial charge in [0.1, 0.15) is 0 Å². The molecule has 1 aliphatic carbocycles. The van der Waals surface area contributed by atoms with Crippen LogP contribution in [0.25, 0.3) is 0 Å². The molecule has 96 valence electrons. The molecule has 0 unspecified atom stereocenters. The van der Waals surface area contributed by atoms with Crippen molar-refractivity contribution in [2.24, 2.45) is 5.73 Å². The van der Waals surface area contributed by atoms with Gasteiger partial charge in [-0.1, -0.05) is 30.8 Å². The van der Waals surface area contributed by atoms with Crippen LogP contribution in [0.3, 0.4) is 0 Å². The molecule has 0 aromatic carbocycles. The van der Waals surface area contributed by atoms with Gasteiger partial charge in [0.2, 0.25) is 5.89 Å². The quantitative estimate of drug-likeness (QED) is 0.808. The summed E-state index contributed by atoms with van der Waals surface area (Å²) < 4.78 is 5.01. The number of aromatic nitrogens is 2. The van der Waals surface area contributed by atoms with Gasteiger partial charge in [0, 0.05) is 6.04 Å². The van der Waals surface area contributed by atoms with E-state index in [0.29, 0.717) is 18.5 Å². The molecule has 1 heterocycles. The molecule has 2 N–H and O–H groups in total. The molecular weight excluding hydrogens is 216 g/mol. The molecule has 0 amide bonds. The highest BCUT2D eigenvalue weighted by Gasteiger charge is 2.18. The summed E-state index contributed by atoms with van der Waals surface area (Å²) in [5.74, 6) is 1.27. The molecule has 5 heteroatoms. The van der Waals surface area contributed by atoms with Crippen molar-refractivity contribution < 1.29 is 4.52 Å². The fourth-order valence-electron chi connectivity index (χ4n) is 2.49. The van der Waals surface area contributed by atoms with Gasteiger partial charge >= 0.3 is 0 Å². The maximum Gasteiger partial charge on any atom is 0.240 e. The predicted octanol–water partition coefficient (Wildman–Crippen LogP) is 1.68. The van der Waals surface area contributed by atoms with Crippen LogP contribution >= 0.6 is 0 Å². The van der Waals surface area contributed by atoms with Gasteiger partial charge in [-0.25, -0.2) is 0 Å². The van der Waals surface area contributed by atoms with Crippen molar-refractivity contribution in [3.8, 4) is 0 Å². The molecule has 1 aliphatic rings. The van der Waals surface area contributed by atoms with E-state index >= 15 is 0 Å². The SMILES string of the molecule is CN(Cc1noc(CN)n1)C1CCCCCC1. The first-order chi connectivity index (χ1) is 8.29. The molecule has 1 aromatic rings. The van der Waals surface area contributed by atoms with E-state index in [2.05, 4.69) is 22.1 Å². The Kier molecular flexibility index (Phi) is 4.50. The number of nitrogens with zero attached hydrogens (tertiary/aromatic N) is 3. The van der Waals surface area contributed by atoms with Gasteiger partial charge in [0.05, 0.1) is 13.1 Å². The van der Waals surface area contributed by atoms with Crippen molar-refractivity contribution >= 4 is 0 Å². The zero-order valence-electron chi connectivity index (χ0n) is 10.6. The summed E-state index contributed by atoms with van der Waals surface area (Å²) in [5.41, 5.74) is 5.45. The minimum absolute atomic E-state index is 0.320. The number of nitrogens with two attached hydrogens (primary N) is 1. The van der Waals surface area contributed by atoms with E-state index in [9.17, 15) is 0 Å². The smallest absolute Gasteiger partial charge is 0.240 e. The third-order valence-corrected chi connectivity index (χ3v) is 3.52. The summed E-state index contributed by atoms with van der Waals surface area (Å²) in [6.07, 6.45) is 8.02. The highest BCUT2D eigenvalue weighted by atomic mass is 16.5. The van der Waals surface area contributed by atoms with Crippen molar-refractivity contribution in [1.29, 1.82) is 0 Å². The molecule has 17 heavy (non-hydrogen) atoms. The van der Waals surface area contributed by atoms with E-state index in [0.717, 1.165) is 12.4 Å². The summed E-state index contributed by atoms with van der Waals surface area (Å²) in [7, 11) is 2.15. The Hall–Kier alpha value is -0.940. The van der Waals surface area contributed by atoms with Crippen LogP contribution in [-0.4, -0.2) is 28.1 Å². The molecule has 0 radical (unpaired) electrons. The second-order valence-electron chi connectivity index (χ2n) is 4.87. The summed E-state index contributed by atoms with van der Waals surface area (Å²) >= 11 is 0. The molecular formula is C12H22N4O. The van der Waals surface area contributed by atoms with Crippen molar-refractivity contribution in [1.82, 2.24) is 15.0 Å². The van der Waals surface area contributed by atoms with Crippen LogP contribution in [0, 0.1) is 0 Å². The number of hydrogen-bond donors (Lipinski definition) is 1. The van der Waals surface area contributed by atoms with Crippen LogP contribution in [0.4, 0.5) is 0 Å². The Balaban J connectivity index is 1.88. The minimum Gasteiger partial charge on any atom is -0.338 e. The standard InChI is InChI=1S/C12H22N4O/c1-16(10-6-4-2-3-5-7-10)9-11-14-12(8-13)17-15-11/h10H,2-9,13H2,1H3. The highest BCUT2D eigenvalue weighted by Crippen LogP contribution is 2.21. The second kappa shape index (κ2) is 6.12. The van der Waals surface area contributed by atoms with E-state index in [4.69, 9.17) is 10.3 Å². The van der Waals surface area contributed by atoms with E-state index in [1.807, 2.05) is 0 Å². The molecule has 1 aromatic heterocycles. The Labute approximate surface area is 102 Å². The topological polar surface area (TPSA) is 68.2 Å². The lowest BCUT2D eigenvalue weighted by Gasteiger charge is -2.25. The maximum atomic E-state index is 5.45. The van der Waals surface area contributed by atoms with Gasteiger partial charge in [-0.3, -0.25) is 4.90 Å². The molecule has 0 spiro atoms. The Bertz CT molecular complexity index is 331. The molecule has 0 atom stereocenters. The van der Waals surface area contributed by atoms with E-state index in [1.165, 1.54) is 38.5 Å². The first-order valence-electron chi connectivity index (χ1n) is 6.51. The summed E-state index contributed by atoms with van der Waals surface area (Å²) in [6, 6.07) is 0.664. The maximum absolute atomic E-state index is 5.45. The van der Waals surface area contributed by atoms with Crippen LogP contribution in [0.5, 0.6) is 0 Å². The monoisotopic (exact) mass is 238 g/mol. The van der Waals surface area contributed by atoms with Gasteiger partial charge in [-0.15, -0.1) is 0 Å². The average Bonchev–Trinajstić information content (AvgIpc) is 2.62. The van der Waals surface area contributed by atoms with E-state index in [1.54, 1.807) is 0 Å². The molecule has 5 nitrogen and oxygen atoms in total. The molecule has 1 fully saturated rings. The fraction of sp³-hybridized carbons (Fsp3) is 0.833.